The lowest BCUT2D eigenvalue weighted by molar-refractivity contribution is 0.442. The number of benzene rings is 1. The Bertz CT molecular complexity index is 362. The Balaban J connectivity index is 2.30. The van der Waals surface area contributed by atoms with E-state index in [2.05, 4.69) is 21.2 Å². The molecule has 0 unspecified atom stereocenters. The molecule has 0 amide bonds. The molecule has 1 aliphatic heterocycles. The van der Waals surface area contributed by atoms with Gasteiger partial charge >= 0.3 is 0 Å². The zero-order chi connectivity index (χ0) is 10.8. The molecule has 0 aromatic heterocycles. The molecule has 1 aromatic carbocycles. The first kappa shape index (κ1) is 11.0. The third-order valence-electron chi connectivity index (χ3n) is 2.82. The van der Waals surface area contributed by atoms with Gasteiger partial charge in [-0.05, 0) is 65.5 Å². The summed E-state index contributed by atoms with van der Waals surface area (Å²) in [6.07, 6.45) is 1.75. The molecule has 1 nitrogen and oxygen atoms in total. The molecule has 1 aromatic rings. The Morgan fingerprint density at radius 1 is 1.13 bits per heavy atom. The van der Waals surface area contributed by atoms with Crippen LogP contribution >= 0.6 is 15.9 Å². The molecule has 0 bridgehead atoms. The molecular weight excluding hydrogens is 264 g/mol. The standard InChI is InChI=1S/C11H12BrF2N/c12-9-6-10(13)8(5-11(9)14)7-1-3-15-4-2-7/h5-7,15H,1-4H2. The van der Waals surface area contributed by atoms with Gasteiger partial charge in [-0.1, -0.05) is 0 Å². The normalized spacial score (nSPS) is 18.1. The number of piperidine rings is 1. The van der Waals surface area contributed by atoms with Gasteiger partial charge in [-0.15, -0.1) is 0 Å². The van der Waals surface area contributed by atoms with Gasteiger partial charge < -0.3 is 5.32 Å². The van der Waals surface area contributed by atoms with Crippen LogP contribution in [-0.2, 0) is 0 Å². The first-order valence-corrected chi connectivity index (χ1v) is 5.83. The topological polar surface area (TPSA) is 12.0 Å². The fraction of sp³-hybridized carbons (Fsp3) is 0.455. The Morgan fingerprint density at radius 2 is 1.80 bits per heavy atom. The lowest BCUT2D eigenvalue weighted by Crippen LogP contribution is -2.27. The molecule has 0 aliphatic carbocycles. The summed E-state index contributed by atoms with van der Waals surface area (Å²) in [5.74, 6) is -0.547. The highest BCUT2D eigenvalue weighted by atomic mass is 79.9. The summed E-state index contributed by atoms with van der Waals surface area (Å²) in [6, 6.07) is 2.53. The number of nitrogens with one attached hydrogen (secondary N) is 1. The average molecular weight is 276 g/mol. The Kier molecular flexibility index (Phi) is 3.36. The molecule has 0 spiro atoms. The van der Waals surface area contributed by atoms with Crippen LogP contribution in [0.3, 0.4) is 0 Å². The zero-order valence-electron chi connectivity index (χ0n) is 8.19. The van der Waals surface area contributed by atoms with E-state index < -0.39 is 0 Å². The molecule has 2 rings (SSSR count). The van der Waals surface area contributed by atoms with Crippen LogP contribution < -0.4 is 5.32 Å². The fourth-order valence-corrected chi connectivity index (χ4v) is 2.30. The average Bonchev–Trinajstić information content (AvgIpc) is 2.25. The maximum Gasteiger partial charge on any atom is 0.137 e. The molecular formula is C11H12BrF2N. The van der Waals surface area contributed by atoms with E-state index in [1.54, 1.807) is 0 Å². The smallest absolute Gasteiger partial charge is 0.137 e. The molecule has 15 heavy (non-hydrogen) atoms. The van der Waals surface area contributed by atoms with Gasteiger partial charge in [0.05, 0.1) is 4.47 Å². The second kappa shape index (κ2) is 4.58. The van der Waals surface area contributed by atoms with Crippen molar-refractivity contribution in [3.8, 4) is 0 Å². The third kappa shape index (κ3) is 2.37. The second-order valence-corrected chi connectivity index (χ2v) is 4.67. The highest BCUT2D eigenvalue weighted by Gasteiger charge is 2.20. The molecule has 1 heterocycles. The van der Waals surface area contributed by atoms with Crippen LogP contribution in [0, 0.1) is 11.6 Å². The van der Waals surface area contributed by atoms with Crippen LogP contribution in [0.25, 0.3) is 0 Å². The van der Waals surface area contributed by atoms with Crippen molar-refractivity contribution in [1.29, 1.82) is 0 Å². The highest BCUT2D eigenvalue weighted by molar-refractivity contribution is 9.10. The van der Waals surface area contributed by atoms with Crippen molar-refractivity contribution in [2.75, 3.05) is 13.1 Å². The summed E-state index contributed by atoms with van der Waals surface area (Å²) in [5, 5.41) is 3.20. The summed E-state index contributed by atoms with van der Waals surface area (Å²) in [5.41, 5.74) is 0.511. The minimum atomic E-state index is -0.384. The van der Waals surface area contributed by atoms with Gasteiger partial charge in [0.1, 0.15) is 11.6 Å². The minimum absolute atomic E-state index is 0.147. The number of rotatable bonds is 1. The summed E-state index contributed by atoms with van der Waals surface area (Å²) in [6.45, 7) is 1.75. The quantitative estimate of drug-likeness (QED) is 0.777. The molecule has 0 radical (unpaired) electrons. The van der Waals surface area contributed by atoms with E-state index in [1.165, 1.54) is 12.1 Å². The SMILES string of the molecule is Fc1cc(C2CCNCC2)c(F)cc1Br. The molecule has 0 atom stereocenters. The van der Waals surface area contributed by atoms with Crippen LogP contribution in [0.4, 0.5) is 8.78 Å². The summed E-state index contributed by atoms with van der Waals surface area (Å²) >= 11 is 2.98. The maximum absolute atomic E-state index is 13.6. The number of hydrogen-bond acceptors (Lipinski definition) is 1. The van der Waals surface area contributed by atoms with Crippen LogP contribution in [0.15, 0.2) is 16.6 Å². The van der Waals surface area contributed by atoms with E-state index >= 15 is 0 Å². The van der Waals surface area contributed by atoms with Crippen molar-refractivity contribution >= 4 is 15.9 Å². The van der Waals surface area contributed by atoms with Crippen molar-refractivity contribution in [1.82, 2.24) is 5.32 Å². The predicted molar refractivity (Wildman–Crippen MR) is 58.9 cm³/mol. The molecule has 1 aliphatic rings. The Morgan fingerprint density at radius 3 is 2.47 bits per heavy atom. The largest absolute Gasteiger partial charge is 0.317 e. The monoisotopic (exact) mass is 275 g/mol. The number of halogens is 3. The lowest BCUT2D eigenvalue weighted by atomic mass is 9.90. The van der Waals surface area contributed by atoms with Gasteiger partial charge in [0.25, 0.3) is 0 Å². The van der Waals surface area contributed by atoms with Gasteiger partial charge in [-0.3, -0.25) is 0 Å². The first-order valence-electron chi connectivity index (χ1n) is 5.03. The molecule has 4 heteroatoms. The van der Waals surface area contributed by atoms with Crippen LogP contribution in [0.2, 0.25) is 0 Å². The van der Waals surface area contributed by atoms with Crippen molar-refractivity contribution in [3.05, 3.63) is 33.8 Å². The zero-order valence-corrected chi connectivity index (χ0v) is 9.78. The van der Waals surface area contributed by atoms with Crippen molar-refractivity contribution in [2.45, 2.75) is 18.8 Å². The van der Waals surface area contributed by atoms with E-state index in [4.69, 9.17) is 0 Å². The summed E-state index contributed by atoms with van der Waals surface area (Å²) < 4.78 is 27.1. The molecule has 82 valence electrons. The van der Waals surface area contributed by atoms with E-state index in [0.29, 0.717) is 5.56 Å². The van der Waals surface area contributed by atoms with E-state index in [-0.39, 0.29) is 22.0 Å². The fourth-order valence-electron chi connectivity index (χ4n) is 1.98. The Labute approximate surface area is 96.0 Å². The van der Waals surface area contributed by atoms with Crippen LogP contribution in [0.5, 0.6) is 0 Å². The molecule has 1 saturated heterocycles. The van der Waals surface area contributed by atoms with Crippen LogP contribution in [0.1, 0.15) is 24.3 Å². The Hall–Kier alpha value is -0.480. The van der Waals surface area contributed by atoms with Gasteiger partial charge in [0.2, 0.25) is 0 Å². The van der Waals surface area contributed by atoms with E-state index in [1.807, 2.05) is 0 Å². The third-order valence-corrected chi connectivity index (χ3v) is 3.43. The van der Waals surface area contributed by atoms with Crippen molar-refractivity contribution in [3.63, 3.8) is 0 Å². The van der Waals surface area contributed by atoms with Gasteiger partial charge in [-0.2, -0.15) is 0 Å². The van der Waals surface area contributed by atoms with Gasteiger partial charge in [-0.25, -0.2) is 8.78 Å². The molecule has 1 fully saturated rings. The van der Waals surface area contributed by atoms with Crippen molar-refractivity contribution < 1.29 is 8.78 Å². The lowest BCUT2D eigenvalue weighted by Gasteiger charge is -2.23. The first-order chi connectivity index (χ1) is 7.18. The maximum atomic E-state index is 13.6. The second-order valence-electron chi connectivity index (χ2n) is 3.81. The minimum Gasteiger partial charge on any atom is -0.317 e. The number of hydrogen-bond donors (Lipinski definition) is 1. The predicted octanol–water partition coefficient (Wildman–Crippen LogP) is 3.19. The molecule has 1 N–H and O–H groups in total. The van der Waals surface area contributed by atoms with Gasteiger partial charge in [0.15, 0.2) is 0 Å². The van der Waals surface area contributed by atoms with E-state index in [9.17, 15) is 8.78 Å². The van der Waals surface area contributed by atoms with Gasteiger partial charge in [0, 0.05) is 0 Å². The molecule has 0 saturated carbocycles. The summed E-state index contributed by atoms with van der Waals surface area (Å²) in [4.78, 5) is 0. The van der Waals surface area contributed by atoms with E-state index in [0.717, 1.165) is 25.9 Å². The van der Waals surface area contributed by atoms with Crippen LogP contribution in [-0.4, -0.2) is 13.1 Å². The van der Waals surface area contributed by atoms with Crippen molar-refractivity contribution in [2.24, 2.45) is 0 Å². The highest BCUT2D eigenvalue weighted by Crippen LogP contribution is 2.30. The summed E-state index contributed by atoms with van der Waals surface area (Å²) in [7, 11) is 0.